The van der Waals surface area contributed by atoms with Crippen LogP contribution in [-0.2, 0) is 5.54 Å². The quantitative estimate of drug-likeness (QED) is 0.697. The minimum atomic E-state index is -4.79. The summed E-state index contributed by atoms with van der Waals surface area (Å²) in [5.74, 6) is -0.259. The van der Waals surface area contributed by atoms with E-state index in [0.29, 0.717) is 23.4 Å². The number of carbonyl (C=O) groups excluding carboxylic acids is 1. The van der Waals surface area contributed by atoms with Crippen molar-refractivity contribution >= 4 is 5.91 Å². The molecule has 0 aliphatic carbocycles. The Bertz CT molecular complexity index is 1010. The van der Waals surface area contributed by atoms with Crippen LogP contribution in [0.25, 0.3) is 0 Å². The van der Waals surface area contributed by atoms with Gasteiger partial charge in [0, 0.05) is 25.0 Å². The van der Waals surface area contributed by atoms with Gasteiger partial charge in [0.2, 0.25) is 0 Å². The molecule has 0 saturated heterocycles. The predicted molar refractivity (Wildman–Crippen MR) is 94.3 cm³/mol. The summed E-state index contributed by atoms with van der Waals surface area (Å²) in [6.07, 6.45) is 0.0486. The van der Waals surface area contributed by atoms with Gasteiger partial charge in [0.15, 0.2) is 5.82 Å². The van der Waals surface area contributed by atoms with Gasteiger partial charge in [-0.3, -0.25) is 9.78 Å². The van der Waals surface area contributed by atoms with Gasteiger partial charge in [-0.25, -0.2) is 4.98 Å². The molecule has 29 heavy (non-hydrogen) atoms. The number of aromatic nitrogens is 3. The lowest BCUT2D eigenvalue weighted by Crippen LogP contribution is -2.50. The standard InChI is InChI=1S/C19H15F3N4O3/c20-19(21,22)29-13-5-3-12(4-6-13)18(26-17(27)16-24-9-10-25-16)7-11-28-14-2-1-8-23-15(14)18/h1-6,8-10H,7,11H2,(H,24,25)(H,26,27). The van der Waals surface area contributed by atoms with Crippen LogP contribution in [0.1, 0.15) is 28.3 Å². The van der Waals surface area contributed by atoms with Gasteiger partial charge in [0.05, 0.1) is 6.61 Å². The van der Waals surface area contributed by atoms with E-state index in [-0.39, 0.29) is 18.2 Å². The van der Waals surface area contributed by atoms with E-state index in [4.69, 9.17) is 4.74 Å². The van der Waals surface area contributed by atoms with E-state index in [0.717, 1.165) is 0 Å². The number of aromatic amines is 1. The van der Waals surface area contributed by atoms with Crippen LogP contribution in [0.3, 0.4) is 0 Å². The van der Waals surface area contributed by atoms with Crippen LogP contribution in [0.2, 0.25) is 0 Å². The molecule has 1 aliphatic rings. The number of ether oxygens (including phenoxy) is 2. The normalized spacial score (nSPS) is 18.4. The van der Waals surface area contributed by atoms with Crippen LogP contribution >= 0.6 is 0 Å². The first kappa shape index (κ1) is 18.8. The van der Waals surface area contributed by atoms with Gasteiger partial charge < -0.3 is 19.8 Å². The molecular weight excluding hydrogens is 389 g/mol. The summed E-state index contributed by atoms with van der Waals surface area (Å²) in [5, 5.41) is 2.94. The molecule has 0 bridgehead atoms. The first-order chi connectivity index (χ1) is 13.9. The van der Waals surface area contributed by atoms with E-state index in [1.807, 2.05) is 0 Å². The largest absolute Gasteiger partial charge is 0.573 e. The highest BCUT2D eigenvalue weighted by atomic mass is 19.4. The van der Waals surface area contributed by atoms with Crippen molar-refractivity contribution in [2.45, 2.75) is 18.3 Å². The summed E-state index contributed by atoms with van der Waals surface area (Å²) in [6.45, 7) is 0.276. The van der Waals surface area contributed by atoms with Crippen LogP contribution < -0.4 is 14.8 Å². The lowest BCUT2D eigenvalue weighted by molar-refractivity contribution is -0.274. The minimum Gasteiger partial charge on any atom is -0.491 e. The van der Waals surface area contributed by atoms with Gasteiger partial charge in [0.25, 0.3) is 5.91 Å². The van der Waals surface area contributed by atoms with Crippen molar-refractivity contribution in [2.75, 3.05) is 6.61 Å². The molecule has 0 radical (unpaired) electrons. The van der Waals surface area contributed by atoms with Gasteiger partial charge in [-0.2, -0.15) is 0 Å². The lowest BCUT2D eigenvalue weighted by atomic mass is 9.81. The molecule has 1 atom stereocenters. The molecule has 2 aromatic heterocycles. The van der Waals surface area contributed by atoms with E-state index in [1.54, 1.807) is 18.3 Å². The van der Waals surface area contributed by atoms with Gasteiger partial charge >= 0.3 is 6.36 Å². The second-order valence-corrected chi connectivity index (χ2v) is 6.32. The Labute approximate surface area is 162 Å². The van der Waals surface area contributed by atoms with E-state index in [1.165, 1.54) is 36.7 Å². The zero-order valence-corrected chi connectivity index (χ0v) is 14.9. The highest BCUT2D eigenvalue weighted by Crippen LogP contribution is 2.41. The molecule has 4 rings (SSSR count). The van der Waals surface area contributed by atoms with Gasteiger partial charge in [0.1, 0.15) is 22.7 Å². The maximum atomic E-state index is 12.8. The molecule has 7 nitrogen and oxygen atoms in total. The zero-order chi connectivity index (χ0) is 20.5. The van der Waals surface area contributed by atoms with Crippen molar-refractivity contribution < 1.29 is 27.4 Å². The number of rotatable bonds is 4. The van der Waals surface area contributed by atoms with Gasteiger partial charge in [-0.15, -0.1) is 13.2 Å². The zero-order valence-electron chi connectivity index (χ0n) is 14.9. The van der Waals surface area contributed by atoms with Gasteiger partial charge in [-0.05, 0) is 29.8 Å². The third-order valence-electron chi connectivity index (χ3n) is 4.53. The summed E-state index contributed by atoms with van der Waals surface area (Å²) < 4.78 is 47.0. The third-order valence-corrected chi connectivity index (χ3v) is 4.53. The Morgan fingerprint density at radius 3 is 2.66 bits per heavy atom. The number of nitrogens with one attached hydrogen (secondary N) is 2. The molecule has 1 aliphatic heterocycles. The molecule has 2 N–H and O–H groups in total. The molecule has 1 amide bonds. The van der Waals surface area contributed by atoms with Crippen LogP contribution in [0.4, 0.5) is 13.2 Å². The molecule has 0 saturated carbocycles. The number of hydrogen-bond donors (Lipinski definition) is 2. The number of pyridine rings is 1. The summed E-state index contributed by atoms with van der Waals surface area (Å²) >= 11 is 0. The maximum Gasteiger partial charge on any atom is 0.573 e. The molecule has 150 valence electrons. The van der Waals surface area contributed by atoms with Crippen molar-refractivity contribution in [3.05, 3.63) is 72.1 Å². The highest BCUT2D eigenvalue weighted by molar-refractivity contribution is 5.91. The number of nitrogens with zero attached hydrogens (tertiary/aromatic N) is 2. The molecule has 3 aromatic rings. The summed E-state index contributed by atoms with van der Waals surface area (Å²) in [4.78, 5) is 23.8. The van der Waals surface area contributed by atoms with E-state index in [9.17, 15) is 18.0 Å². The number of amides is 1. The number of imidazole rings is 1. The number of carbonyl (C=O) groups is 1. The summed E-state index contributed by atoms with van der Waals surface area (Å²) in [7, 11) is 0. The third kappa shape index (κ3) is 3.73. The fourth-order valence-corrected chi connectivity index (χ4v) is 3.32. The van der Waals surface area contributed by atoms with Crippen LogP contribution in [0.5, 0.6) is 11.5 Å². The average molecular weight is 404 g/mol. The number of halogens is 3. The Hall–Kier alpha value is -3.56. The fourth-order valence-electron chi connectivity index (χ4n) is 3.32. The highest BCUT2D eigenvalue weighted by Gasteiger charge is 2.43. The SMILES string of the molecule is O=C(NC1(c2ccc(OC(F)(F)F)cc2)CCOc2cccnc21)c1ncc[nH]1. The van der Waals surface area contributed by atoms with Crippen molar-refractivity contribution in [3.8, 4) is 11.5 Å². The maximum absolute atomic E-state index is 12.8. The Morgan fingerprint density at radius 2 is 1.97 bits per heavy atom. The summed E-state index contributed by atoms with van der Waals surface area (Å²) in [5.41, 5.74) is -0.124. The predicted octanol–water partition coefficient (Wildman–Crippen LogP) is 3.16. The molecule has 1 unspecified atom stereocenters. The van der Waals surface area contributed by atoms with Crippen LogP contribution in [-0.4, -0.2) is 33.8 Å². The first-order valence-corrected chi connectivity index (χ1v) is 8.64. The number of benzene rings is 1. The monoisotopic (exact) mass is 404 g/mol. The Morgan fingerprint density at radius 1 is 1.17 bits per heavy atom. The Balaban J connectivity index is 1.77. The topological polar surface area (TPSA) is 89.1 Å². The lowest BCUT2D eigenvalue weighted by Gasteiger charge is -2.38. The fraction of sp³-hybridized carbons (Fsp3) is 0.211. The first-order valence-electron chi connectivity index (χ1n) is 8.64. The van der Waals surface area contributed by atoms with Crippen molar-refractivity contribution in [2.24, 2.45) is 0 Å². The van der Waals surface area contributed by atoms with Crippen molar-refractivity contribution in [1.29, 1.82) is 0 Å². The van der Waals surface area contributed by atoms with E-state index >= 15 is 0 Å². The molecule has 0 fully saturated rings. The molecular formula is C19H15F3N4O3. The summed E-state index contributed by atoms with van der Waals surface area (Å²) in [6, 6.07) is 8.74. The average Bonchev–Trinajstić information content (AvgIpc) is 3.22. The number of hydrogen-bond acceptors (Lipinski definition) is 5. The number of H-pyrrole nitrogens is 1. The smallest absolute Gasteiger partial charge is 0.491 e. The molecule has 3 heterocycles. The molecule has 0 spiro atoms. The van der Waals surface area contributed by atoms with Crippen LogP contribution in [0.15, 0.2) is 55.0 Å². The molecule has 10 heteroatoms. The van der Waals surface area contributed by atoms with Crippen molar-refractivity contribution in [3.63, 3.8) is 0 Å². The number of alkyl halides is 3. The minimum absolute atomic E-state index is 0.102. The molecule has 1 aromatic carbocycles. The second-order valence-electron chi connectivity index (χ2n) is 6.32. The van der Waals surface area contributed by atoms with Crippen LogP contribution in [0, 0.1) is 0 Å². The van der Waals surface area contributed by atoms with E-state index < -0.39 is 17.8 Å². The van der Waals surface area contributed by atoms with E-state index in [2.05, 4.69) is 25.0 Å². The van der Waals surface area contributed by atoms with Gasteiger partial charge in [-0.1, -0.05) is 12.1 Å². The van der Waals surface area contributed by atoms with Crippen molar-refractivity contribution in [1.82, 2.24) is 20.3 Å². The second kappa shape index (κ2) is 7.12. The Kier molecular flexibility index (Phi) is 4.61. The number of fused-ring (bicyclic) bond motifs is 1.